The predicted octanol–water partition coefficient (Wildman–Crippen LogP) is 4.96. The molecule has 1 aliphatic carbocycles. The topological polar surface area (TPSA) is 49.8 Å². The van der Waals surface area contributed by atoms with Gasteiger partial charge < -0.3 is 5.73 Å². The first kappa shape index (κ1) is 15.6. The molecule has 20 heavy (non-hydrogen) atoms. The van der Waals surface area contributed by atoms with Gasteiger partial charge in [0.05, 0.1) is 5.56 Å². The lowest BCUT2D eigenvalue weighted by Gasteiger charge is -2.48. The summed E-state index contributed by atoms with van der Waals surface area (Å²) in [5, 5.41) is 9.62. The first-order valence-corrected chi connectivity index (χ1v) is 8.57. The summed E-state index contributed by atoms with van der Waals surface area (Å²) in [4.78, 5) is 0. The first-order valence-electron chi connectivity index (χ1n) is 7.33. The molecule has 1 aliphatic rings. The number of nitrogens with two attached hydrogens (primary N) is 1. The Morgan fingerprint density at radius 1 is 1.30 bits per heavy atom. The van der Waals surface area contributed by atoms with Crippen LogP contribution in [-0.4, -0.2) is 0 Å². The Kier molecular flexibility index (Phi) is 4.34. The van der Waals surface area contributed by atoms with Crippen LogP contribution in [0.15, 0.2) is 12.1 Å². The molecule has 0 aliphatic heterocycles. The van der Waals surface area contributed by atoms with Gasteiger partial charge in [0.25, 0.3) is 0 Å². The molecule has 2 N–H and O–H groups in total. The van der Waals surface area contributed by atoms with Gasteiger partial charge in [-0.25, -0.2) is 0 Å². The monoisotopic (exact) mass is 382 g/mol. The zero-order valence-electron chi connectivity index (χ0n) is 12.7. The van der Waals surface area contributed by atoms with E-state index in [2.05, 4.69) is 62.4 Å². The van der Waals surface area contributed by atoms with Crippen LogP contribution in [0.2, 0.25) is 0 Å². The lowest BCUT2D eigenvalue weighted by molar-refractivity contribution is 0.186. The maximum absolute atomic E-state index is 9.62. The van der Waals surface area contributed by atoms with Gasteiger partial charge in [-0.3, -0.25) is 0 Å². The number of halogens is 1. The van der Waals surface area contributed by atoms with Crippen molar-refractivity contribution in [3.05, 3.63) is 28.8 Å². The molecule has 3 heteroatoms. The van der Waals surface area contributed by atoms with Crippen LogP contribution in [0, 0.1) is 23.2 Å². The van der Waals surface area contributed by atoms with E-state index in [0.29, 0.717) is 27.0 Å². The van der Waals surface area contributed by atoms with Crippen molar-refractivity contribution < 1.29 is 0 Å². The Morgan fingerprint density at radius 2 is 1.90 bits per heavy atom. The summed E-state index contributed by atoms with van der Waals surface area (Å²) in [6, 6.07) is 6.42. The number of nitriles is 1. The van der Waals surface area contributed by atoms with E-state index in [1.807, 2.05) is 6.07 Å². The molecule has 0 amide bonds. The number of anilines is 1. The van der Waals surface area contributed by atoms with Crippen LogP contribution in [0.1, 0.15) is 61.2 Å². The van der Waals surface area contributed by atoms with Crippen LogP contribution in [-0.2, 0) is 5.41 Å². The summed E-state index contributed by atoms with van der Waals surface area (Å²) in [6.07, 6.45) is 2.32. The van der Waals surface area contributed by atoms with E-state index in [1.54, 1.807) is 0 Å². The van der Waals surface area contributed by atoms with Gasteiger partial charge in [-0.1, -0.05) is 56.4 Å². The standard InChI is InChI=1S/C17H23IN2/c1-10(2)17(11(3)4)8-7-14(18)12-5-6-15(20)13(9-19)16(12)17/h5-6,10-11,14H,7-8,20H2,1-4H3. The van der Waals surface area contributed by atoms with Crippen molar-refractivity contribution in [3.63, 3.8) is 0 Å². The molecular formula is C17H23IN2. The van der Waals surface area contributed by atoms with Gasteiger partial charge in [0.1, 0.15) is 6.07 Å². The van der Waals surface area contributed by atoms with Crippen LogP contribution >= 0.6 is 22.6 Å². The van der Waals surface area contributed by atoms with Gasteiger partial charge in [0, 0.05) is 15.0 Å². The number of hydrogen-bond donors (Lipinski definition) is 1. The third-order valence-corrected chi connectivity index (χ3v) is 6.35. The molecule has 1 aromatic rings. The van der Waals surface area contributed by atoms with Crippen LogP contribution in [0.25, 0.3) is 0 Å². The second-order valence-corrected chi connectivity index (χ2v) is 7.97. The normalized spacial score (nSPS) is 20.8. The molecule has 0 spiro atoms. The number of fused-ring (bicyclic) bond motifs is 1. The number of nitrogen functional groups attached to an aromatic ring is 1. The molecule has 1 unspecified atom stereocenters. The van der Waals surface area contributed by atoms with Gasteiger partial charge >= 0.3 is 0 Å². The molecule has 2 nitrogen and oxygen atoms in total. The molecule has 1 aromatic carbocycles. The quantitative estimate of drug-likeness (QED) is 0.447. The molecule has 0 bridgehead atoms. The van der Waals surface area contributed by atoms with Crippen LogP contribution in [0.4, 0.5) is 5.69 Å². The lowest BCUT2D eigenvalue weighted by atomic mass is 9.57. The molecule has 0 heterocycles. The zero-order chi connectivity index (χ0) is 15.1. The lowest BCUT2D eigenvalue weighted by Crippen LogP contribution is -2.42. The predicted molar refractivity (Wildman–Crippen MR) is 92.9 cm³/mol. The number of alkyl halides is 1. The third kappa shape index (κ3) is 2.13. The molecule has 0 aromatic heterocycles. The van der Waals surface area contributed by atoms with Crippen LogP contribution in [0.5, 0.6) is 0 Å². The maximum Gasteiger partial charge on any atom is 0.102 e. The fraction of sp³-hybridized carbons (Fsp3) is 0.588. The van der Waals surface area contributed by atoms with Gasteiger partial charge in [0.15, 0.2) is 0 Å². The van der Waals surface area contributed by atoms with E-state index >= 15 is 0 Å². The second kappa shape index (κ2) is 5.55. The highest BCUT2D eigenvalue weighted by molar-refractivity contribution is 14.1. The van der Waals surface area contributed by atoms with Crippen molar-refractivity contribution in [2.24, 2.45) is 11.8 Å². The van der Waals surface area contributed by atoms with E-state index in [9.17, 15) is 5.26 Å². The minimum atomic E-state index is 0.0669. The van der Waals surface area contributed by atoms with Gasteiger partial charge in [-0.05, 0) is 41.9 Å². The van der Waals surface area contributed by atoms with Gasteiger partial charge in [0.2, 0.25) is 0 Å². The van der Waals surface area contributed by atoms with Gasteiger partial charge in [-0.2, -0.15) is 5.26 Å². The minimum absolute atomic E-state index is 0.0669. The highest BCUT2D eigenvalue weighted by atomic mass is 127. The van der Waals surface area contributed by atoms with Crippen molar-refractivity contribution >= 4 is 28.3 Å². The highest BCUT2D eigenvalue weighted by Crippen LogP contribution is 2.54. The largest absolute Gasteiger partial charge is 0.398 e. The molecule has 0 saturated heterocycles. The number of benzene rings is 1. The number of nitrogens with zero attached hydrogens (tertiary/aromatic N) is 1. The number of hydrogen-bond acceptors (Lipinski definition) is 2. The average molecular weight is 382 g/mol. The summed E-state index contributed by atoms with van der Waals surface area (Å²) < 4.78 is 0.487. The molecular weight excluding hydrogens is 359 g/mol. The molecule has 108 valence electrons. The summed E-state index contributed by atoms with van der Waals surface area (Å²) in [5.74, 6) is 0.998. The third-order valence-electron chi connectivity index (χ3n) is 5.06. The zero-order valence-corrected chi connectivity index (χ0v) is 14.9. The minimum Gasteiger partial charge on any atom is -0.398 e. The Balaban J connectivity index is 2.84. The van der Waals surface area contributed by atoms with Crippen molar-refractivity contribution in [2.75, 3.05) is 5.73 Å². The first-order chi connectivity index (χ1) is 9.36. The van der Waals surface area contributed by atoms with Gasteiger partial charge in [-0.15, -0.1) is 0 Å². The van der Waals surface area contributed by atoms with Crippen LogP contribution < -0.4 is 5.73 Å². The van der Waals surface area contributed by atoms with E-state index in [4.69, 9.17) is 5.73 Å². The van der Waals surface area contributed by atoms with Crippen molar-refractivity contribution in [3.8, 4) is 6.07 Å². The van der Waals surface area contributed by atoms with E-state index < -0.39 is 0 Å². The average Bonchev–Trinajstić information content (AvgIpc) is 2.38. The Bertz CT molecular complexity index is 547. The second-order valence-electron chi connectivity index (χ2n) is 6.46. The smallest absolute Gasteiger partial charge is 0.102 e. The Labute approximate surface area is 135 Å². The molecule has 0 saturated carbocycles. The molecule has 1 atom stereocenters. The SMILES string of the molecule is CC(C)C1(C(C)C)CCC(I)c2ccc(N)c(C#N)c21. The number of rotatable bonds is 2. The highest BCUT2D eigenvalue weighted by Gasteiger charge is 2.45. The summed E-state index contributed by atoms with van der Waals surface area (Å²) in [6.45, 7) is 9.12. The van der Waals surface area contributed by atoms with Crippen molar-refractivity contribution in [1.29, 1.82) is 5.26 Å². The maximum atomic E-state index is 9.62. The fourth-order valence-electron chi connectivity index (χ4n) is 3.99. The summed E-state index contributed by atoms with van der Waals surface area (Å²) in [5.41, 5.74) is 10.1. The van der Waals surface area contributed by atoms with Crippen molar-refractivity contribution in [2.45, 2.75) is 49.9 Å². The summed E-state index contributed by atoms with van der Waals surface area (Å²) in [7, 11) is 0. The van der Waals surface area contributed by atoms with Crippen molar-refractivity contribution in [1.82, 2.24) is 0 Å². The Hall–Kier alpha value is -0.760. The summed E-state index contributed by atoms with van der Waals surface area (Å²) >= 11 is 2.51. The molecule has 2 rings (SSSR count). The fourth-order valence-corrected chi connectivity index (χ4v) is 4.82. The molecule has 0 radical (unpaired) electrons. The van der Waals surface area contributed by atoms with E-state index in [0.717, 1.165) is 6.42 Å². The van der Waals surface area contributed by atoms with E-state index in [-0.39, 0.29) is 5.41 Å². The molecule has 0 fully saturated rings. The van der Waals surface area contributed by atoms with Crippen LogP contribution in [0.3, 0.4) is 0 Å². The Morgan fingerprint density at radius 3 is 2.40 bits per heavy atom. The van der Waals surface area contributed by atoms with E-state index in [1.165, 1.54) is 17.5 Å².